The van der Waals surface area contributed by atoms with Crippen molar-refractivity contribution in [1.29, 1.82) is 0 Å². The zero-order valence-corrected chi connectivity index (χ0v) is 14.8. The number of nitrogens with one attached hydrogen (secondary N) is 1. The molecule has 1 amide bonds. The van der Waals surface area contributed by atoms with E-state index in [-0.39, 0.29) is 34.9 Å². The zero-order chi connectivity index (χ0) is 19.3. The molecule has 0 atom stereocenters. The van der Waals surface area contributed by atoms with E-state index < -0.39 is 28.4 Å². The first-order valence-corrected chi connectivity index (χ1v) is 9.11. The van der Waals surface area contributed by atoms with Gasteiger partial charge in [0.15, 0.2) is 0 Å². The van der Waals surface area contributed by atoms with Crippen LogP contribution in [0, 0.1) is 5.82 Å². The van der Waals surface area contributed by atoms with Gasteiger partial charge in [-0.1, -0.05) is 6.07 Å². The third kappa shape index (κ3) is 4.44. The van der Waals surface area contributed by atoms with Crippen molar-refractivity contribution in [2.45, 2.75) is 11.5 Å². The lowest BCUT2D eigenvalue weighted by Crippen LogP contribution is -2.29. The lowest BCUT2D eigenvalue weighted by Gasteiger charge is -2.16. The average Bonchev–Trinajstić information content (AvgIpc) is 2.63. The molecule has 0 aromatic heterocycles. The zero-order valence-electron chi connectivity index (χ0n) is 14.0. The standard InChI is InChI=1S/C17H19FN2O5S/c1-20(7-8-21)26(24,25)15-4-2-3-12(10-15)17(23)19-14-5-6-16(18)13(9-14)11-22/h2-6,9-10,21-22H,7-8,11H2,1H3,(H,19,23). The van der Waals surface area contributed by atoms with Crippen LogP contribution in [0.1, 0.15) is 15.9 Å². The fraction of sp³-hybridized carbons (Fsp3) is 0.235. The summed E-state index contributed by atoms with van der Waals surface area (Å²) in [5.41, 5.74) is 0.397. The van der Waals surface area contributed by atoms with Gasteiger partial charge in [-0.3, -0.25) is 4.79 Å². The van der Waals surface area contributed by atoms with E-state index in [2.05, 4.69) is 5.32 Å². The number of hydrogen-bond acceptors (Lipinski definition) is 5. The van der Waals surface area contributed by atoms with Crippen molar-refractivity contribution in [1.82, 2.24) is 4.31 Å². The maximum absolute atomic E-state index is 13.4. The molecule has 26 heavy (non-hydrogen) atoms. The van der Waals surface area contributed by atoms with E-state index in [0.29, 0.717) is 0 Å². The Balaban J connectivity index is 2.26. The summed E-state index contributed by atoms with van der Waals surface area (Å²) >= 11 is 0. The van der Waals surface area contributed by atoms with Crippen molar-refractivity contribution in [3.63, 3.8) is 0 Å². The molecule has 2 aromatic rings. The monoisotopic (exact) mass is 382 g/mol. The third-order valence-electron chi connectivity index (χ3n) is 3.69. The van der Waals surface area contributed by atoms with Gasteiger partial charge in [-0.15, -0.1) is 0 Å². The van der Waals surface area contributed by atoms with Gasteiger partial charge in [-0.25, -0.2) is 12.8 Å². The normalized spacial score (nSPS) is 11.6. The van der Waals surface area contributed by atoms with E-state index in [0.717, 1.165) is 10.4 Å². The van der Waals surface area contributed by atoms with Gasteiger partial charge in [0.25, 0.3) is 5.91 Å². The number of likely N-dealkylation sites (N-methyl/N-ethyl adjacent to an activating group) is 1. The van der Waals surface area contributed by atoms with Crippen LogP contribution in [0.2, 0.25) is 0 Å². The molecule has 0 unspecified atom stereocenters. The third-order valence-corrected chi connectivity index (χ3v) is 5.55. The molecule has 0 bridgehead atoms. The Labute approximate surface area is 150 Å². The Morgan fingerprint density at radius 3 is 2.58 bits per heavy atom. The molecule has 0 fully saturated rings. The van der Waals surface area contributed by atoms with Crippen molar-refractivity contribution >= 4 is 21.6 Å². The maximum atomic E-state index is 13.4. The van der Waals surface area contributed by atoms with Crippen LogP contribution in [-0.2, 0) is 16.6 Å². The summed E-state index contributed by atoms with van der Waals surface area (Å²) in [6, 6.07) is 9.18. The Kier molecular flexibility index (Phi) is 6.43. The predicted molar refractivity (Wildman–Crippen MR) is 93.6 cm³/mol. The van der Waals surface area contributed by atoms with Crippen LogP contribution < -0.4 is 5.32 Å². The van der Waals surface area contributed by atoms with Gasteiger partial charge in [-0.2, -0.15) is 4.31 Å². The highest BCUT2D eigenvalue weighted by atomic mass is 32.2. The van der Waals surface area contributed by atoms with Crippen LogP contribution in [0.3, 0.4) is 0 Å². The number of carbonyl (C=O) groups excluding carboxylic acids is 1. The first-order chi connectivity index (χ1) is 12.3. The van der Waals surface area contributed by atoms with Crippen LogP contribution >= 0.6 is 0 Å². The largest absolute Gasteiger partial charge is 0.395 e. The summed E-state index contributed by atoms with van der Waals surface area (Å²) in [7, 11) is -2.51. The predicted octanol–water partition coefficient (Wildman–Crippen LogP) is 1.18. The number of amides is 1. The van der Waals surface area contributed by atoms with Crippen molar-refractivity contribution in [2.24, 2.45) is 0 Å². The Bertz CT molecular complexity index is 902. The molecule has 0 aliphatic rings. The van der Waals surface area contributed by atoms with Crippen LogP contribution in [-0.4, -0.2) is 49.0 Å². The summed E-state index contributed by atoms with van der Waals surface area (Å²) < 4.78 is 39.2. The molecule has 0 spiro atoms. The Hall–Kier alpha value is -2.33. The smallest absolute Gasteiger partial charge is 0.255 e. The molecule has 0 saturated heterocycles. The SMILES string of the molecule is CN(CCO)S(=O)(=O)c1cccc(C(=O)Nc2ccc(F)c(CO)c2)c1. The summed E-state index contributed by atoms with van der Waals surface area (Å²) in [6.07, 6.45) is 0. The number of aliphatic hydroxyl groups excluding tert-OH is 2. The van der Waals surface area contributed by atoms with Crippen LogP contribution in [0.15, 0.2) is 47.4 Å². The quantitative estimate of drug-likeness (QED) is 0.667. The van der Waals surface area contributed by atoms with Crippen molar-refractivity contribution < 1.29 is 27.8 Å². The van der Waals surface area contributed by atoms with Gasteiger partial charge in [0, 0.05) is 30.4 Å². The van der Waals surface area contributed by atoms with Gasteiger partial charge >= 0.3 is 0 Å². The number of aliphatic hydroxyl groups is 2. The second-order valence-corrected chi connectivity index (χ2v) is 7.54. The number of rotatable bonds is 7. The number of halogens is 1. The second-order valence-electron chi connectivity index (χ2n) is 5.50. The van der Waals surface area contributed by atoms with Crippen molar-refractivity contribution in [3.8, 4) is 0 Å². The van der Waals surface area contributed by atoms with E-state index in [1.165, 1.54) is 43.4 Å². The first kappa shape index (κ1) is 20.0. The Morgan fingerprint density at radius 1 is 1.19 bits per heavy atom. The molecule has 0 heterocycles. The molecule has 2 rings (SSSR count). The number of carbonyl (C=O) groups is 1. The summed E-state index contributed by atoms with van der Waals surface area (Å²) in [5, 5.41) is 20.5. The Morgan fingerprint density at radius 2 is 1.92 bits per heavy atom. The van der Waals surface area contributed by atoms with Gasteiger partial charge < -0.3 is 15.5 Å². The molecule has 0 aliphatic carbocycles. The van der Waals surface area contributed by atoms with Gasteiger partial charge in [-0.05, 0) is 36.4 Å². The van der Waals surface area contributed by atoms with E-state index in [1.54, 1.807) is 0 Å². The molecular weight excluding hydrogens is 363 g/mol. The summed E-state index contributed by atoms with van der Waals surface area (Å²) in [5.74, 6) is -1.17. The average molecular weight is 382 g/mol. The topological polar surface area (TPSA) is 107 Å². The van der Waals surface area contributed by atoms with Crippen LogP contribution in [0.4, 0.5) is 10.1 Å². The fourth-order valence-corrected chi connectivity index (χ4v) is 3.42. The molecule has 7 nitrogen and oxygen atoms in total. The highest BCUT2D eigenvalue weighted by molar-refractivity contribution is 7.89. The van der Waals surface area contributed by atoms with E-state index >= 15 is 0 Å². The van der Waals surface area contributed by atoms with Crippen molar-refractivity contribution in [3.05, 3.63) is 59.4 Å². The second kappa shape index (κ2) is 8.37. The number of nitrogens with zero attached hydrogens (tertiary/aromatic N) is 1. The lowest BCUT2D eigenvalue weighted by atomic mass is 10.1. The number of benzene rings is 2. The van der Waals surface area contributed by atoms with E-state index in [1.807, 2.05) is 0 Å². The van der Waals surface area contributed by atoms with E-state index in [4.69, 9.17) is 10.2 Å². The first-order valence-electron chi connectivity index (χ1n) is 7.67. The summed E-state index contributed by atoms with van der Waals surface area (Å²) in [6.45, 7) is -0.910. The number of hydrogen-bond donors (Lipinski definition) is 3. The number of sulfonamides is 1. The minimum absolute atomic E-state index is 0.0322. The van der Waals surface area contributed by atoms with Crippen LogP contribution in [0.25, 0.3) is 0 Å². The lowest BCUT2D eigenvalue weighted by molar-refractivity contribution is 0.102. The van der Waals surface area contributed by atoms with Gasteiger partial charge in [0.2, 0.25) is 10.0 Å². The maximum Gasteiger partial charge on any atom is 0.255 e. The molecule has 2 aromatic carbocycles. The minimum Gasteiger partial charge on any atom is -0.395 e. The highest BCUT2D eigenvalue weighted by Crippen LogP contribution is 2.19. The van der Waals surface area contributed by atoms with E-state index in [9.17, 15) is 17.6 Å². The molecule has 0 aliphatic heterocycles. The van der Waals surface area contributed by atoms with Crippen LogP contribution in [0.5, 0.6) is 0 Å². The number of anilines is 1. The molecular formula is C17H19FN2O5S. The fourth-order valence-electron chi connectivity index (χ4n) is 2.22. The molecule has 0 radical (unpaired) electrons. The molecule has 3 N–H and O–H groups in total. The highest BCUT2D eigenvalue weighted by Gasteiger charge is 2.21. The molecule has 9 heteroatoms. The minimum atomic E-state index is -3.84. The summed E-state index contributed by atoms with van der Waals surface area (Å²) in [4.78, 5) is 12.3. The van der Waals surface area contributed by atoms with Crippen molar-refractivity contribution in [2.75, 3.05) is 25.5 Å². The van der Waals surface area contributed by atoms with Gasteiger partial charge in [0.05, 0.1) is 18.1 Å². The molecule has 140 valence electrons. The molecule has 0 saturated carbocycles. The van der Waals surface area contributed by atoms with Gasteiger partial charge in [0.1, 0.15) is 5.82 Å².